The molecular weight excluding hydrogens is 384 g/mol. The Morgan fingerprint density at radius 1 is 1.11 bits per heavy atom. The minimum atomic E-state index is -0.276. The molecule has 1 saturated heterocycles. The number of benzene rings is 1. The largest absolute Gasteiger partial charge is 0.320 e. The lowest BCUT2D eigenvalue weighted by molar-refractivity contribution is -0.123. The van der Waals surface area contributed by atoms with E-state index in [0.29, 0.717) is 21.3 Å². The number of carbonyl (C=O) groups is 3. The van der Waals surface area contributed by atoms with Gasteiger partial charge in [0.15, 0.2) is 0 Å². The second kappa shape index (κ2) is 6.04. The summed E-state index contributed by atoms with van der Waals surface area (Å²) in [6, 6.07) is 8.35. The van der Waals surface area contributed by atoms with E-state index in [-0.39, 0.29) is 41.4 Å². The molecular formula is C20H15ClN2O3S. The summed E-state index contributed by atoms with van der Waals surface area (Å²) in [6.07, 6.45) is 5.02. The van der Waals surface area contributed by atoms with E-state index in [2.05, 4.69) is 17.5 Å². The van der Waals surface area contributed by atoms with Crippen molar-refractivity contribution in [3.8, 4) is 0 Å². The third-order valence-electron chi connectivity index (χ3n) is 5.67. The predicted octanol–water partition coefficient (Wildman–Crippen LogP) is 3.97. The van der Waals surface area contributed by atoms with Crippen LogP contribution < -0.4 is 10.2 Å². The molecule has 5 nitrogen and oxygen atoms in total. The molecule has 5 rings (SSSR count). The van der Waals surface area contributed by atoms with Gasteiger partial charge in [-0.2, -0.15) is 0 Å². The number of fused-ring (bicyclic) bond motifs is 5. The monoisotopic (exact) mass is 398 g/mol. The molecule has 1 N–H and O–H groups in total. The van der Waals surface area contributed by atoms with Gasteiger partial charge in [-0.05, 0) is 47.9 Å². The van der Waals surface area contributed by atoms with Crippen LogP contribution in [0.1, 0.15) is 16.1 Å². The molecule has 27 heavy (non-hydrogen) atoms. The number of hydrogen-bond donors (Lipinski definition) is 1. The van der Waals surface area contributed by atoms with Gasteiger partial charge in [0, 0.05) is 0 Å². The van der Waals surface area contributed by atoms with Crippen molar-refractivity contribution >= 4 is 52.0 Å². The number of nitrogens with one attached hydrogen (secondary N) is 1. The summed E-state index contributed by atoms with van der Waals surface area (Å²) in [7, 11) is 0. The van der Waals surface area contributed by atoms with Crippen molar-refractivity contribution in [3.63, 3.8) is 0 Å². The summed E-state index contributed by atoms with van der Waals surface area (Å²) in [5, 5.41) is 4.93. The zero-order chi connectivity index (χ0) is 18.7. The number of anilines is 2. The van der Waals surface area contributed by atoms with Gasteiger partial charge in [-0.3, -0.25) is 14.4 Å². The van der Waals surface area contributed by atoms with E-state index in [1.807, 2.05) is 5.38 Å². The number of hydrogen-bond acceptors (Lipinski definition) is 4. The van der Waals surface area contributed by atoms with Crippen LogP contribution in [0.15, 0.2) is 47.9 Å². The zero-order valence-electron chi connectivity index (χ0n) is 14.1. The first-order valence-corrected chi connectivity index (χ1v) is 10.0. The fourth-order valence-corrected chi connectivity index (χ4v) is 5.28. The topological polar surface area (TPSA) is 66.5 Å². The summed E-state index contributed by atoms with van der Waals surface area (Å²) in [5.41, 5.74) is 0.830. The van der Waals surface area contributed by atoms with Crippen LogP contribution in [0.4, 0.5) is 11.4 Å². The lowest BCUT2D eigenvalue weighted by atomic mass is 9.85. The average Bonchev–Trinajstić information content (AvgIpc) is 3.42. The molecule has 1 aliphatic heterocycles. The predicted molar refractivity (Wildman–Crippen MR) is 104 cm³/mol. The number of carbonyl (C=O) groups excluding carboxylic acids is 3. The maximum atomic E-state index is 12.9. The van der Waals surface area contributed by atoms with Crippen molar-refractivity contribution in [1.82, 2.24) is 0 Å². The molecule has 2 aromatic rings. The van der Waals surface area contributed by atoms with Crippen LogP contribution in [-0.2, 0) is 9.59 Å². The molecule has 1 aromatic carbocycles. The second-order valence-electron chi connectivity index (χ2n) is 7.11. The van der Waals surface area contributed by atoms with Gasteiger partial charge in [-0.15, -0.1) is 11.3 Å². The molecule has 0 radical (unpaired) electrons. The van der Waals surface area contributed by atoms with Crippen LogP contribution in [0.3, 0.4) is 0 Å². The van der Waals surface area contributed by atoms with E-state index in [1.54, 1.807) is 30.3 Å². The summed E-state index contributed by atoms with van der Waals surface area (Å²) in [4.78, 5) is 40.0. The minimum Gasteiger partial charge on any atom is -0.320 e. The van der Waals surface area contributed by atoms with Gasteiger partial charge in [0.25, 0.3) is 5.91 Å². The van der Waals surface area contributed by atoms with Crippen molar-refractivity contribution in [2.75, 3.05) is 10.2 Å². The number of amides is 3. The van der Waals surface area contributed by atoms with Crippen LogP contribution in [-0.4, -0.2) is 17.7 Å². The highest BCUT2D eigenvalue weighted by Crippen LogP contribution is 2.53. The number of nitrogens with zero attached hydrogens (tertiary/aromatic N) is 1. The van der Waals surface area contributed by atoms with E-state index in [9.17, 15) is 14.4 Å². The number of thiophene rings is 1. The Kier molecular flexibility index (Phi) is 3.74. The molecule has 0 spiro atoms. The summed E-state index contributed by atoms with van der Waals surface area (Å²) >= 11 is 7.55. The molecule has 1 aromatic heterocycles. The number of halogens is 1. The Morgan fingerprint density at radius 3 is 2.44 bits per heavy atom. The third kappa shape index (κ3) is 2.47. The Balaban J connectivity index is 1.45. The first kappa shape index (κ1) is 16.7. The molecule has 0 unspecified atom stereocenters. The van der Waals surface area contributed by atoms with Crippen LogP contribution in [0.5, 0.6) is 0 Å². The van der Waals surface area contributed by atoms with Crippen molar-refractivity contribution in [1.29, 1.82) is 0 Å². The maximum Gasteiger partial charge on any atom is 0.265 e. The second-order valence-corrected chi connectivity index (χ2v) is 8.46. The van der Waals surface area contributed by atoms with Gasteiger partial charge in [0.05, 0.1) is 33.1 Å². The standard InChI is InChI=1S/C20H15ClN2O3S/c21-13-6-5-12(9-14(13)22-18(24)15-2-1-7-27-15)23-19(25)16-10-3-4-11(8-10)17(16)20(23)26/h1-7,9-11,16-17H,8H2,(H,22,24)/t10-,11-,16-,17+/m1/s1. The van der Waals surface area contributed by atoms with Crippen molar-refractivity contribution in [3.05, 3.63) is 57.8 Å². The van der Waals surface area contributed by atoms with Gasteiger partial charge in [-0.1, -0.05) is 29.8 Å². The molecule has 2 heterocycles. The number of rotatable bonds is 3. The Bertz CT molecular complexity index is 971. The molecule has 2 fully saturated rings. The van der Waals surface area contributed by atoms with Gasteiger partial charge in [-0.25, -0.2) is 4.90 Å². The van der Waals surface area contributed by atoms with Crippen molar-refractivity contribution in [2.24, 2.45) is 23.7 Å². The highest BCUT2D eigenvalue weighted by molar-refractivity contribution is 7.12. The highest BCUT2D eigenvalue weighted by atomic mass is 35.5. The first-order valence-electron chi connectivity index (χ1n) is 8.75. The molecule has 136 valence electrons. The van der Waals surface area contributed by atoms with E-state index in [1.165, 1.54) is 16.2 Å². The fourth-order valence-electron chi connectivity index (χ4n) is 4.50. The summed E-state index contributed by atoms with van der Waals surface area (Å²) < 4.78 is 0. The molecule has 7 heteroatoms. The first-order chi connectivity index (χ1) is 13.0. The number of imide groups is 1. The summed E-state index contributed by atoms with van der Waals surface area (Å²) in [6.45, 7) is 0. The molecule has 3 aliphatic rings. The van der Waals surface area contributed by atoms with Crippen LogP contribution in [0, 0.1) is 23.7 Å². The lowest BCUT2D eigenvalue weighted by Gasteiger charge is -2.18. The van der Waals surface area contributed by atoms with Crippen LogP contribution in [0.25, 0.3) is 0 Å². The Morgan fingerprint density at radius 2 is 1.81 bits per heavy atom. The third-order valence-corrected chi connectivity index (χ3v) is 6.87. The highest BCUT2D eigenvalue weighted by Gasteiger charge is 2.59. The van der Waals surface area contributed by atoms with Gasteiger partial charge >= 0.3 is 0 Å². The van der Waals surface area contributed by atoms with Crippen molar-refractivity contribution in [2.45, 2.75) is 6.42 Å². The van der Waals surface area contributed by atoms with E-state index < -0.39 is 0 Å². The van der Waals surface area contributed by atoms with Gasteiger partial charge < -0.3 is 5.32 Å². The molecule has 1 saturated carbocycles. The van der Waals surface area contributed by atoms with E-state index in [4.69, 9.17) is 11.6 Å². The zero-order valence-corrected chi connectivity index (χ0v) is 15.7. The SMILES string of the molecule is O=C(Nc1cc(N2C(=O)[C@@H]3[C@H](C2=O)[C@@H]2C=C[C@@H]3C2)ccc1Cl)c1cccs1. The molecule has 3 amide bonds. The molecule has 2 bridgehead atoms. The van der Waals surface area contributed by atoms with Gasteiger partial charge in [0.1, 0.15) is 0 Å². The smallest absolute Gasteiger partial charge is 0.265 e. The van der Waals surface area contributed by atoms with Crippen molar-refractivity contribution < 1.29 is 14.4 Å². The maximum absolute atomic E-state index is 12.9. The Labute approximate surface area is 164 Å². The van der Waals surface area contributed by atoms with E-state index >= 15 is 0 Å². The van der Waals surface area contributed by atoms with E-state index in [0.717, 1.165) is 6.42 Å². The molecule has 4 atom stereocenters. The quantitative estimate of drug-likeness (QED) is 0.628. The lowest BCUT2D eigenvalue weighted by Crippen LogP contribution is -2.32. The number of allylic oxidation sites excluding steroid dienone is 2. The molecule has 2 aliphatic carbocycles. The van der Waals surface area contributed by atoms with Gasteiger partial charge in [0.2, 0.25) is 11.8 Å². The Hall–Kier alpha value is -2.44. The van der Waals surface area contributed by atoms with Crippen LogP contribution in [0.2, 0.25) is 5.02 Å². The normalized spacial score (nSPS) is 28.1. The average molecular weight is 399 g/mol. The fraction of sp³-hybridized carbons (Fsp3) is 0.250. The summed E-state index contributed by atoms with van der Waals surface area (Å²) in [5.74, 6) is -0.778. The minimum absolute atomic E-state index is 0.153. The van der Waals surface area contributed by atoms with Crippen LogP contribution >= 0.6 is 22.9 Å².